The first-order chi connectivity index (χ1) is 8.90. The smallest absolute Gasteiger partial charge is 0.337 e. The van der Waals surface area contributed by atoms with Gasteiger partial charge in [-0.2, -0.15) is 0 Å². The lowest BCUT2D eigenvalue weighted by atomic mass is 10.0. The molecule has 1 aliphatic heterocycles. The number of benzene rings is 1. The van der Waals surface area contributed by atoms with Crippen LogP contribution in [-0.2, 0) is 9.53 Å². The SMILES string of the molecule is CCN1C(=O)C(C)(C)Oc2ccc(C(=O)OC)cc21. The van der Waals surface area contributed by atoms with Crippen LogP contribution in [0.25, 0.3) is 0 Å². The maximum absolute atomic E-state index is 12.3. The predicted molar refractivity (Wildman–Crippen MR) is 70.5 cm³/mol. The molecule has 1 amide bonds. The van der Waals surface area contributed by atoms with E-state index in [1.54, 1.807) is 36.9 Å². The van der Waals surface area contributed by atoms with Crippen molar-refractivity contribution in [2.24, 2.45) is 0 Å². The fourth-order valence-corrected chi connectivity index (χ4v) is 2.13. The standard InChI is InChI=1S/C14H17NO4/c1-5-15-10-8-9(12(16)18-4)6-7-11(10)19-14(2,3)13(15)17/h6-8H,5H2,1-4H3. The molecular weight excluding hydrogens is 246 g/mol. The van der Waals surface area contributed by atoms with E-state index in [1.165, 1.54) is 7.11 Å². The average Bonchev–Trinajstić information content (AvgIpc) is 2.38. The Hall–Kier alpha value is -2.04. The number of amides is 1. The van der Waals surface area contributed by atoms with Crippen LogP contribution in [0.2, 0.25) is 0 Å². The Bertz CT molecular complexity index is 536. The summed E-state index contributed by atoms with van der Waals surface area (Å²) in [6.45, 7) is 5.86. The van der Waals surface area contributed by atoms with Crippen LogP contribution in [0.4, 0.5) is 5.69 Å². The van der Waals surface area contributed by atoms with E-state index < -0.39 is 11.6 Å². The van der Waals surface area contributed by atoms with Crippen LogP contribution < -0.4 is 9.64 Å². The lowest BCUT2D eigenvalue weighted by molar-refractivity contribution is -0.132. The lowest BCUT2D eigenvalue weighted by Gasteiger charge is -2.38. The van der Waals surface area contributed by atoms with Gasteiger partial charge in [-0.1, -0.05) is 0 Å². The van der Waals surface area contributed by atoms with Crippen molar-refractivity contribution in [1.82, 2.24) is 0 Å². The summed E-state index contributed by atoms with van der Waals surface area (Å²) in [6.07, 6.45) is 0. The summed E-state index contributed by atoms with van der Waals surface area (Å²) < 4.78 is 10.4. The maximum Gasteiger partial charge on any atom is 0.337 e. The van der Waals surface area contributed by atoms with E-state index in [0.29, 0.717) is 23.5 Å². The van der Waals surface area contributed by atoms with Crippen LogP contribution in [0.3, 0.4) is 0 Å². The van der Waals surface area contributed by atoms with Gasteiger partial charge >= 0.3 is 5.97 Å². The summed E-state index contributed by atoms with van der Waals surface area (Å²) in [4.78, 5) is 25.4. The van der Waals surface area contributed by atoms with Gasteiger partial charge in [-0.3, -0.25) is 4.79 Å². The fourth-order valence-electron chi connectivity index (χ4n) is 2.13. The number of anilines is 1. The van der Waals surface area contributed by atoms with Gasteiger partial charge in [0.15, 0.2) is 5.60 Å². The molecule has 5 heteroatoms. The molecule has 1 aromatic carbocycles. The van der Waals surface area contributed by atoms with Crippen LogP contribution in [0.1, 0.15) is 31.1 Å². The number of ether oxygens (including phenoxy) is 2. The summed E-state index contributed by atoms with van der Waals surface area (Å²) in [5.41, 5.74) is 0.112. The third-order valence-electron chi connectivity index (χ3n) is 3.11. The number of rotatable bonds is 2. The van der Waals surface area contributed by atoms with Gasteiger partial charge in [0.1, 0.15) is 5.75 Å². The van der Waals surface area contributed by atoms with E-state index in [-0.39, 0.29) is 5.91 Å². The highest BCUT2D eigenvalue weighted by Gasteiger charge is 2.40. The van der Waals surface area contributed by atoms with Crippen LogP contribution in [-0.4, -0.2) is 31.1 Å². The van der Waals surface area contributed by atoms with E-state index in [2.05, 4.69) is 4.74 Å². The van der Waals surface area contributed by atoms with Crippen molar-refractivity contribution >= 4 is 17.6 Å². The molecule has 0 N–H and O–H groups in total. The van der Waals surface area contributed by atoms with E-state index in [4.69, 9.17) is 4.74 Å². The molecule has 0 atom stereocenters. The Morgan fingerprint density at radius 2 is 2.11 bits per heavy atom. The van der Waals surface area contributed by atoms with E-state index >= 15 is 0 Å². The number of carbonyl (C=O) groups is 2. The highest BCUT2D eigenvalue weighted by molar-refractivity contribution is 6.03. The molecule has 0 spiro atoms. The van der Waals surface area contributed by atoms with Gasteiger partial charge in [-0.15, -0.1) is 0 Å². The van der Waals surface area contributed by atoms with E-state index in [9.17, 15) is 9.59 Å². The normalized spacial score (nSPS) is 16.6. The predicted octanol–water partition coefficient (Wildman–Crippen LogP) is 2.00. The molecule has 19 heavy (non-hydrogen) atoms. The second-order valence-electron chi connectivity index (χ2n) is 4.84. The molecule has 1 heterocycles. The second-order valence-corrected chi connectivity index (χ2v) is 4.84. The second kappa shape index (κ2) is 4.57. The lowest BCUT2D eigenvalue weighted by Crippen LogP contribution is -2.52. The Balaban J connectivity index is 2.52. The number of likely N-dealkylation sites (N-methyl/N-ethyl adjacent to an activating group) is 1. The third kappa shape index (κ3) is 2.16. The van der Waals surface area contributed by atoms with Gasteiger partial charge in [0.25, 0.3) is 5.91 Å². The van der Waals surface area contributed by atoms with Crippen LogP contribution >= 0.6 is 0 Å². The minimum Gasteiger partial charge on any atom is -0.476 e. The number of carbonyl (C=O) groups excluding carboxylic acids is 2. The zero-order valence-corrected chi connectivity index (χ0v) is 11.5. The number of nitrogens with zero attached hydrogens (tertiary/aromatic N) is 1. The molecule has 0 radical (unpaired) electrons. The molecule has 2 rings (SSSR count). The van der Waals surface area contributed by atoms with Crippen LogP contribution in [0.5, 0.6) is 5.75 Å². The van der Waals surface area contributed by atoms with E-state index in [1.807, 2.05) is 6.92 Å². The summed E-state index contributed by atoms with van der Waals surface area (Å²) in [5, 5.41) is 0. The topological polar surface area (TPSA) is 55.8 Å². The van der Waals surface area contributed by atoms with Gasteiger partial charge in [-0.05, 0) is 39.0 Å². The number of fused-ring (bicyclic) bond motifs is 1. The molecule has 1 aromatic rings. The minimum absolute atomic E-state index is 0.121. The summed E-state index contributed by atoms with van der Waals surface area (Å²) >= 11 is 0. The Morgan fingerprint density at radius 1 is 1.42 bits per heavy atom. The zero-order valence-electron chi connectivity index (χ0n) is 11.5. The highest BCUT2D eigenvalue weighted by atomic mass is 16.5. The first-order valence-electron chi connectivity index (χ1n) is 6.14. The van der Waals surface area contributed by atoms with Crippen molar-refractivity contribution < 1.29 is 19.1 Å². The Morgan fingerprint density at radius 3 is 2.68 bits per heavy atom. The maximum atomic E-state index is 12.3. The van der Waals surface area contributed by atoms with Gasteiger partial charge in [0.05, 0.1) is 18.4 Å². The van der Waals surface area contributed by atoms with Gasteiger partial charge in [-0.25, -0.2) is 4.79 Å². The van der Waals surface area contributed by atoms with Crippen molar-refractivity contribution in [3.8, 4) is 5.75 Å². The van der Waals surface area contributed by atoms with Crippen molar-refractivity contribution in [2.45, 2.75) is 26.4 Å². The molecule has 0 saturated carbocycles. The van der Waals surface area contributed by atoms with E-state index in [0.717, 1.165) is 0 Å². The number of methoxy groups -OCH3 is 1. The average molecular weight is 263 g/mol. The molecule has 0 aromatic heterocycles. The molecule has 0 bridgehead atoms. The molecule has 5 nitrogen and oxygen atoms in total. The summed E-state index contributed by atoms with van der Waals surface area (Å²) in [5.74, 6) is 0.0414. The van der Waals surface area contributed by atoms with Crippen molar-refractivity contribution in [3.63, 3.8) is 0 Å². The molecule has 0 saturated heterocycles. The summed E-state index contributed by atoms with van der Waals surface area (Å²) in [7, 11) is 1.32. The molecule has 102 valence electrons. The van der Waals surface area contributed by atoms with Crippen LogP contribution in [0, 0.1) is 0 Å². The molecule has 0 aliphatic carbocycles. The largest absolute Gasteiger partial charge is 0.476 e. The third-order valence-corrected chi connectivity index (χ3v) is 3.11. The van der Waals surface area contributed by atoms with Gasteiger partial charge in [0, 0.05) is 6.54 Å². The fraction of sp³-hybridized carbons (Fsp3) is 0.429. The Kier molecular flexibility index (Phi) is 3.22. The number of hydrogen-bond acceptors (Lipinski definition) is 4. The molecular formula is C14H17NO4. The first-order valence-corrected chi connectivity index (χ1v) is 6.14. The van der Waals surface area contributed by atoms with Crippen molar-refractivity contribution in [2.75, 3.05) is 18.6 Å². The quantitative estimate of drug-likeness (QED) is 0.766. The van der Waals surface area contributed by atoms with Gasteiger partial charge in [0.2, 0.25) is 0 Å². The van der Waals surface area contributed by atoms with Crippen molar-refractivity contribution in [3.05, 3.63) is 23.8 Å². The number of hydrogen-bond donors (Lipinski definition) is 0. The summed E-state index contributed by atoms with van der Waals surface area (Å²) in [6, 6.07) is 4.95. The first kappa shape index (κ1) is 13.4. The zero-order chi connectivity index (χ0) is 14.2. The van der Waals surface area contributed by atoms with Crippen LogP contribution in [0.15, 0.2) is 18.2 Å². The number of esters is 1. The Labute approximate surface area is 112 Å². The van der Waals surface area contributed by atoms with Gasteiger partial charge < -0.3 is 14.4 Å². The minimum atomic E-state index is -0.893. The molecule has 0 unspecified atom stereocenters. The highest BCUT2D eigenvalue weighted by Crippen LogP contribution is 2.38. The monoisotopic (exact) mass is 263 g/mol. The molecule has 0 fully saturated rings. The van der Waals surface area contributed by atoms with Crippen molar-refractivity contribution in [1.29, 1.82) is 0 Å². The molecule has 1 aliphatic rings.